The number of aromatic hydroxyl groups is 1. The molecular weight excluding hydrogens is 197 g/mol. The fourth-order valence-electron chi connectivity index (χ4n) is 1.02. The molecule has 1 aromatic rings. The molecule has 0 saturated carbocycles. The molecular formula is C11H12FNO2. The van der Waals surface area contributed by atoms with Gasteiger partial charge in [0.2, 0.25) is 0 Å². The van der Waals surface area contributed by atoms with Crippen molar-refractivity contribution in [2.45, 2.75) is 0 Å². The summed E-state index contributed by atoms with van der Waals surface area (Å²) in [6.45, 7) is 0. The van der Waals surface area contributed by atoms with Crippen LogP contribution in [0.25, 0.3) is 0 Å². The third-order valence-electron chi connectivity index (χ3n) is 1.75. The van der Waals surface area contributed by atoms with Gasteiger partial charge < -0.3 is 10.0 Å². The minimum Gasteiger partial charge on any atom is -0.507 e. The van der Waals surface area contributed by atoms with E-state index in [1.165, 1.54) is 12.1 Å². The van der Waals surface area contributed by atoms with Gasteiger partial charge in [-0.2, -0.15) is 0 Å². The van der Waals surface area contributed by atoms with E-state index in [2.05, 4.69) is 0 Å². The molecule has 0 amide bonds. The molecule has 80 valence electrons. The van der Waals surface area contributed by atoms with Gasteiger partial charge in [-0.1, -0.05) is 0 Å². The highest BCUT2D eigenvalue weighted by atomic mass is 19.1. The smallest absolute Gasteiger partial charge is 0.190 e. The van der Waals surface area contributed by atoms with Crippen LogP contribution in [0.1, 0.15) is 10.4 Å². The van der Waals surface area contributed by atoms with E-state index in [-0.39, 0.29) is 17.1 Å². The van der Waals surface area contributed by atoms with Crippen molar-refractivity contribution in [1.29, 1.82) is 0 Å². The molecule has 0 atom stereocenters. The maximum atomic E-state index is 12.6. The monoisotopic (exact) mass is 209 g/mol. The number of carbonyl (C=O) groups excluding carboxylic acids is 1. The van der Waals surface area contributed by atoms with E-state index in [1.807, 2.05) is 0 Å². The zero-order valence-electron chi connectivity index (χ0n) is 8.57. The number of ketones is 1. The number of phenolic OH excluding ortho intramolecular Hbond substituents is 1. The first-order valence-electron chi connectivity index (χ1n) is 4.38. The topological polar surface area (TPSA) is 40.5 Å². The molecule has 0 heterocycles. The third-order valence-corrected chi connectivity index (χ3v) is 1.75. The van der Waals surface area contributed by atoms with Crippen LogP contribution in [0.2, 0.25) is 0 Å². The number of benzene rings is 1. The summed E-state index contributed by atoms with van der Waals surface area (Å²) in [5.41, 5.74) is 0.0921. The predicted octanol–water partition coefficient (Wildman–Crippen LogP) is 1.79. The van der Waals surface area contributed by atoms with E-state index >= 15 is 0 Å². The first-order valence-corrected chi connectivity index (χ1v) is 4.38. The molecule has 0 unspecified atom stereocenters. The average molecular weight is 209 g/mol. The zero-order valence-corrected chi connectivity index (χ0v) is 8.57. The largest absolute Gasteiger partial charge is 0.507 e. The van der Waals surface area contributed by atoms with Crippen LogP contribution < -0.4 is 0 Å². The molecule has 0 aliphatic heterocycles. The van der Waals surface area contributed by atoms with Gasteiger partial charge in [-0.15, -0.1) is 0 Å². The molecule has 1 N–H and O–H groups in total. The molecule has 1 aromatic carbocycles. The van der Waals surface area contributed by atoms with E-state index in [0.717, 1.165) is 12.1 Å². The molecule has 3 nitrogen and oxygen atoms in total. The SMILES string of the molecule is CN(C)C=CC(=O)c1ccc(F)cc1O. The highest BCUT2D eigenvalue weighted by Crippen LogP contribution is 2.18. The Morgan fingerprint density at radius 3 is 2.67 bits per heavy atom. The quantitative estimate of drug-likeness (QED) is 0.609. The molecule has 0 aliphatic carbocycles. The number of rotatable bonds is 3. The Kier molecular flexibility index (Phi) is 3.44. The lowest BCUT2D eigenvalue weighted by Gasteiger charge is -2.03. The maximum Gasteiger partial charge on any atom is 0.190 e. The minimum atomic E-state index is -0.569. The molecule has 15 heavy (non-hydrogen) atoms. The Labute approximate surface area is 87.4 Å². The van der Waals surface area contributed by atoms with E-state index in [9.17, 15) is 14.3 Å². The van der Waals surface area contributed by atoms with E-state index in [0.29, 0.717) is 0 Å². The molecule has 0 radical (unpaired) electrons. The van der Waals surface area contributed by atoms with Gasteiger partial charge in [-0.3, -0.25) is 4.79 Å². The highest BCUT2D eigenvalue weighted by molar-refractivity contribution is 6.06. The summed E-state index contributed by atoms with van der Waals surface area (Å²) in [5, 5.41) is 9.32. The maximum absolute atomic E-state index is 12.6. The fourth-order valence-corrected chi connectivity index (χ4v) is 1.02. The molecule has 0 spiro atoms. The summed E-state index contributed by atoms with van der Waals surface area (Å²) < 4.78 is 12.6. The molecule has 0 fully saturated rings. The first kappa shape index (κ1) is 11.2. The van der Waals surface area contributed by atoms with E-state index < -0.39 is 5.82 Å². The summed E-state index contributed by atoms with van der Waals surface area (Å²) in [5.74, 6) is -1.27. The second kappa shape index (κ2) is 4.59. The van der Waals surface area contributed by atoms with Crippen molar-refractivity contribution in [3.05, 3.63) is 41.9 Å². The lowest BCUT2D eigenvalue weighted by molar-refractivity contribution is 0.104. The standard InChI is InChI=1S/C11H12FNO2/c1-13(2)6-5-10(14)9-4-3-8(12)7-11(9)15/h3-7,15H,1-2H3. The van der Waals surface area contributed by atoms with Crippen molar-refractivity contribution in [3.8, 4) is 5.75 Å². The Bertz CT molecular complexity index is 400. The third kappa shape index (κ3) is 3.09. The number of allylic oxidation sites excluding steroid dienone is 1. The number of hydrogen-bond donors (Lipinski definition) is 1. The normalized spacial score (nSPS) is 10.6. The molecule has 0 bridgehead atoms. The fraction of sp³-hybridized carbons (Fsp3) is 0.182. The van der Waals surface area contributed by atoms with Gasteiger partial charge in [0, 0.05) is 32.4 Å². The Hall–Kier alpha value is -1.84. The Balaban J connectivity index is 2.92. The van der Waals surface area contributed by atoms with Gasteiger partial charge in [0.25, 0.3) is 0 Å². The van der Waals surface area contributed by atoms with Crippen molar-refractivity contribution in [1.82, 2.24) is 4.90 Å². The summed E-state index contributed by atoms with van der Waals surface area (Å²) in [7, 11) is 3.54. The number of carbonyl (C=O) groups is 1. The van der Waals surface area contributed by atoms with Gasteiger partial charge in [0.1, 0.15) is 11.6 Å². The zero-order chi connectivity index (χ0) is 11.4. The van der Waals surface area contributed by atoms with Gasteiger partial charge in [-0.25, -0.2) is 4.39 Å². The molecule has 4 heteroatoms. The van der Waals surface area contributed by atoms with Crippen LogP contribution in [0.4, 0.5) is 4.39 Å². The van der Waals surface area contributed by atoms with Gasteiger partial charge in [-0.05, 0) is 12.1 Å². The van der Waals surface area contributed by atoms with Crippen LogP contribution in [-0.4, -0.2) is 29.9 Å². The predicted molar refractivity (Wildman–Crippen MR) is 55.2 cm³/mol. The van der Waals surface area contributed by atoms with Crippen LogP contribution in [0.5, 0.6) is 5.75 Å². The van der Waals surface area contributed by atoms with Crippen LogP contribution in [-0.2, 0) is 0 Å². The second-order valence-electron chi connectivity index (χ2n) is 3.31. The first-order chi connectivity index (χ1) is 7.00. The van der Waals surface area contributed by atoms with Crippen LogP contribution in [0.3, 0.4) is 0 Å². The van der Waals surface area contributed by atoms with Crippen LogP contribution in [0, 0.1) is 5.82 Å². The number of halogens is 1. The molecule has 0 aliphatic rings. The minimum absolute atomic E-state index is 0.0921. The van der Waals surface area contributed by atoms with Crippen molar-refractivity contribution in [2.75, 3.05) is 14.1 Å². The number of nitrogens with zero attached hydrogens (tertiary/aromatic N) is 1. The summed E-state index contributed by atoms with van der Waals surface area (Å²) in [6, 6.07) is 3.31. The number of phenols is 1. The van der Waals surface area contributed by atoms with Crippen molar-refractivity contribution in [2.24, 2.45) is 0 Å². The average Bonchev–Trinajstić information content (AvgIpc) is 2.14. The molecule has 1 rings (SSSR count). The Morgan fingerprint density at radius 1 is 1.47 bits per heavy atom. The van der Waals surface area contributed by atoms with Crippen molar-refractivity contribution in [3.63, 3.8) is 0 Å². The lowest BCUT2D eigenvalue weighted by atomic mass is 10.1. The summed E-state index contributed by atoms with van der Waals surface area (Å²) in [6.07, 6.45) is 2.87. The van der Waals surface area contributed by atoms with Crippen LogP contribution >= 0.6 is 0 Å². The summed E-state index contributed by atoms with van der Waals surface area (Å²) in [4.78, 5) is 13.2. The summed E-state index contributed by atoms with van der Waals surface area (Å²) >= 11 is 0. The Morgan fingerprint density at radius 2 is 2.13 bits per heavy atom. The van der Waals surface area contributed by atoms with Gasteiger partial charge in [0.15, 0.2) is 5.78 Å². The number of hydrogen-bond acceptors (Lipinski definition) is 3. The second-order valence-corrected chi connectivity index (χ2v) is 3.31. The van der Waals surface area contributed by atoms with E-state index in [1.54, 1.807) is 25.2 Å². The highest BCUT2D eigenvalue weighted by Gasteiger charge is 2.08. The van der Waals surface area contributed by atoms with Crippen molar-refractivity contribution < 1.29 is 14.3 Å². The van der Waals surface area contributed by atoms with Crippen LogP contribution in [0.15, 0.2) is 30.5 Å². The van der Waals surface area contributed by atoms with Crippen molar-refractivity contribution >= 4 is 5.78 Å². The van der Waals surface area contributed by atoms with Gasteiger partial charge >= 0.3 is 0 Å². The lowest BCUT2D eigenvalue weighted by Crippen LogP contribution is -2.03. The van der Waals surface area contributed by atoms with Gasteiger partial charge in [0.05, 0.1) is 5.56 Å². The van der Waals surface area contributed by atoms with E-state index in [4.69, 9.17) is 0 Å². The molecule has 0 saturated heterocycles. The molecule has 0 aromatic heterocycles.